The third-order valence-corrected chi connectivity index (χ3v) is 3.28. The van der Waals surface area contributed by atoms with Crippen LogP contribution in [0, 0.1) is 13.8 Å². The van der Waals surface area contributed by atoms with E-state index in [0.717, 1.165) is 24.1 Å². The molecule has 2 rings (SSSR count). The van der Waals surface area contributed by atoms with E-state index in [9.17, 15) is 4.79 Å². The van der Waals surface area contributed by atoms with E-state index in [-0.39, 0.29) is 12.6 Å². The van der Waals surface area contributed by atoms with E-state index in [1.165, 1.54) is 0 Å². The minimum atomic E-state index is -0.393. The minimum Gasteiger partial charge on any atom is -0.396 e. The van der Waals surface area contributed by atoms with Crippen LogP contribution >= 0.6 is 0 Å². The number of unbranched alkanes of at least 4 members (excludes halogenated alkanes) is 1. The van der Waals surface area contributed by atoms with Crippen molar-refractivity contribution in [2.45, 2.75) is 26.7 Å². The zero-order valence-electron chi connectivity index (χ0n) is 14.0. The lowest BCUT2D eigenvalue weighted by Gasteiger charge is -2.10. The van der Waals surface area contributed by atoms with Crippen LogP contribution in [0.25, 0.3) is 0 Å². The first kappa shape index (κ1) is 17.7. The number of amides is 2. The fourth-order valence-electron chi connectivity index (χ4n) is 2.07. The van der Waals surface area contributed by atoms with Crippen LogP contribution in [0.1, 0.15) is 24.1 Å². The standard InChI is InChI=1S/C17H23N5O2/c1-12-5-7-14(8-6-12)20-17(24)22-16-19-13(2)11-15(21-16)18-9-3-4-10-23/h5-8,11,23H,3-4,9-10H2,1-2H3,(H3,18,19,20,21,22,24). The number of hydrogen-bond acceptors (Lipinski definition) is 5. The molecule has 1 aromatic carbocycles. The highest BCUT2D eigenvalue weighted by Gasteiger charge is 2.07. The van der Waals surface area contributed by atoms with E-state index in [0.29, 0.717) is 18.1 Å². The van der Waals surface area contributed by atoms with Crippen molar-refractivity contribution >= 4 is 23.5 Å². The van der Waals surface area contributed by atoms with Crippen LogP contribution in [0.5, 0.6) is 0 Å². The lowest BCUT2D eigenvalue weighted by atomic mass is 10.2. The predicted octanol–water partition coefficient (Wildman–Crippen LogP) is 2.92. The van der Waals surface area contributed by atoms with E-state index in [4.69, 9.17) is 5.11 Å². The molecule has 0 aliphatic heterocycles. The molecule has 7 nitrogen and oxygen atoms in total. The van der Waals surface area contributed by atoms with Crippen LogP contribution in [-0.2, 0) is 0 Å². The fraction of sp³-hybridized carbons (Fsp3) is 0.353. The van der Waals surface area contributed by atoms with Crippen molar-refractivity contribution in [3.8, 4) is 0 Å². The Bertz CT molecular complexity index is 673. The molecule has 0 radical (unpaired) electrons. The summed E-state index contributed by atoms with van der Waals surface area (Å²) < 4.78 is 0. The molecule has 0 atom stereocenters. The van der Waals surface area contributed by atoms with Crippen molar-refractivity contribution in [1.29, 1.82) is 0 Å². The van der Waals surface area contributed by atoms with Gasteiger partial charge in [-0.25, -0.2) is 9.78 Å². The molecule has 0 aliphatic carbocycles. The number of carbonyl (C=O) groups is 1. The number of anilines is 3. The second kappa shape index (κ2) is 8.83. The first-order chi connectivity index (χ1) is 11.6. The summed E-state index contributed by atoms with van der Waals surface area (Å²) in [5.41, 5.74) is 2.58. The molecule has 1 heterocycles. The van der Waals surface area contributed by atoms with E-state index < -0.39 is 6.03 Å². The van der Waals surface area contributed by atoms with E-state index in [1.54, 1.807) is 0 Å². The summed E-state index contributed by atoms with van der Waals surface area (Å²) >= 11 is 0. The van der Waals surface area contributed by atoms with Crippen molar-refractivity contribution < 1.29 is 9.90 Å². The van der Waals surface area contributed by atoms with Crippen molar-refractivity contribution in [2.75, 3.05) is 29.1 Å². The second-order valence-electron chi connectivity index (χ2n) is 5.52. The quantitative estimate of drug-likeness (QED) is 0.585. The van der Waals surface area contributed by atoms with E-state index >= 15 is 0 Å². The Kier molecular flexibility index (Phi) is 6.51. The molecular weight excluding hydrogens is 306 g/mol. The molecule has 0 fully saturated rings. The molecule has 7 heteroatoms. The Labute approximate surface area is 141 Å². The number of aliphatic hydroxyl groups excluding tert-OH is 1. The number of nitrogens with zero attached hydrogens (tertiary/aromatic N) is 2. The SMILES string of the molecule is Cc1ccc(NC(=O)Nc2nc(C)cc(NCCCCO)n2)cc1. The number of nitrogens with one attached hydrogen (secondary N) is 3. The Morgan fingerprint density at radius 1 is 1.08 bits per heavy atom. The van der Waals surface area contributed by atoms with Gasteiger partial charge in [-0.1, -0.05) is 17.7 Å². The van der Waals surface area contributed by atoms with Gasteiger partial charge in [0.2, 0.25) is 5.95 Å². The maximum atomic E-state index is 12.0. The average Bonchev–Trinajstić information content (AvgIpc) is 2.53. The number of urea groups is 1. The van der Waals surface area contributed by atoms with Gasteiger partial charge >= 0.3 is 6.03 Å². The zero-order valence-corrected chi connectivity index (χ0v) is 14.0. The molecule has 0 spiro atoms. The first-order valence-electron chi connectivity index (χ1n) is 7.92. The van der Waals surface area contributed by atoms with Gasteiger partial charge in [0.15, 0.2) is 0 Å². The molecule has 0 bridgehead atoms. The Morgan fingerprint density at radius 2 is 1.83 bits per heavy atom. The monoisotopic (exact) mass is 329 g/mol. The number of benzene rings is 1. The molecule has 0 aliphatic rings. The maximum absolute atomic E-state index is 12.0. The summed E-state index contributed by atoms with van der Waals surface area (Å²) in [6.45, 7) is 4.70. The molecule has 1 aromatic heterocycles. The molecule has 0 saturated carbocycles. The van der Waals surface area contributed by atoms with Crippen LogP contribution in [0.15, 0.2) is 30.3 Å². The number of aliphatic hydroxyl groups is 1. The van der Waals surface area contributed by atoms with Gasteiger partial charge in [0.25, 0.3) is 0 Å². The topological polar surface area (TPSA) is 99.2 Å². The van der Waals surface area contributed by atoms with Crippen LogP contribution in [0.4, 0.5) is 22.2 Å². The normalized spacial score (nSPS) is 10.3. The third kappa shape index (κ3) is 5.85. The van der Waals surface area contributed by atoms with Gasteiger partial charge in [0, 0.05) is 30.6 Å². The Hall–Kier alpha value is -2.67. The van der Waals surface area contributed by atoms with Crippen LogP contribution in [-0.4, -0.2) is 34.3 Å². The van der Waals surface area contributed by atoms with Crippen LogP contribution < -0.4 is 16.0 Å². The van der Waals surface area contributed by atoms with Crippen LogP contribution in [0.2, 0.25) is 0 Å². The predicted molar refractivity (Wildman–Crippen MR) is 95.4 cm³/mol. The van der Waals surface area contributed by atoms with Crippen LogP contribution in [0.3, 0.4) is 0 Å². The maximum Gasteiger partial charge on any atom is 0.326 e. The van der Waals surface area contributed by atoms with Crippen molar-refractivity contribution in [2.24, 2.45) is 0 Å². The fourth-order valence-corrected chi connectivity index (χ4v) is 2.07. The highest BCUT2D eigenvalue weighted by atomic mass is 16.2. The number of hydrogen-bond donors (Lipinski definition) is 4. The molecule has 0 saturated heterocycles. The largest absolute Gasteiger partial charge is 0.396 e. The third-order valence-electron chi connectivity index (χ3n) is 3.28. The molecule has 0 unspecified atom stereocenters. The highest BCUT2D eigenvalue weighted by molar-refractivity contribution is 5.98. The lowest BCUT2D eigenvalue weighted by Crippen LogP contribution is -2.21. The van der Waals surface area contributed by atoms with Gasteiger partial charge in [-0.15, -0.1) is 0 Å². The summed E-state index contributed by atoms with van der Waals surface area (Å²) in [6.07, 6.45) is 1.58. The van der Waals surface area contributed by atoms with Gasteiger partial charge in [-0.2, -0.15) is 4.98 Å². The summed E-state index contributed by atoms with van der Waals surface area (Å²) in [6, 6.07) is 8.93. The summed E-state index contributed by atoms with van der Waals surface area (Å²) in [5.74, 6) is 0.885. The molecule has 2 amide bonds. The van der Waals surface area contributed by atoms with Gasteiger partial charge in [-0.3, -0.25) is 5.32 Å². The minimum absolute atomic E-state index is 0.177. The number of aryl methyl sites for hydroxylation is 2. The molecule has 2 aromatic rings. The molecular formula is C17H23N5O2. The van der Waals surface area contributed by atoms with Gasteiger partial charge in [0.1, 0.15) is 5.82 Å². The zero-order chi connectivity index (χ0) is 17.4. The number of carbonyl (C=O) groups excluding carboxylic acids is 1. The lowest BCUT2D eigenvalue weighted by molar-refractivity contribution is 0.262. The number of rotatable bonds is 7. The van der Waals surface area contributed by atoms with Gasteiger partial charge < -0.3 is 15.7 Å². The van der Waals surface area contributed by atoms with Crippen molar-refractivity contribution in [3.05, 3.63) is 41.6 Å². The summed E-state index contributed by atoms with van der Waals surface area (Å²) in [7, 11) is 0. The number of aromatic nitrogens is 2. The average molecular weight is 329 g/mol. The second-order valence-corrected chi connectivity index (χ2v) is 5.52. The van der Waals surface area contributed by atoms with Crippen molar-refractivity contribution in [3.63, 3.8) is 0 Å². The summed E-state index contributed by atoms with van der Waals surface area (Å²) in [4.78, 5) is 20.5. The first-order valence-corrected chi connectivity index (χ1v) is 7.92. The van der Waals surface area contributed by atoms with E-state index in [2.05, 4.69) is 25.9 Å². The van der Waals surface area contributed by atoms with E-state index in [1.807, 2.05) is 44.2 Å². The smallest absolute Gasteiger partial charge is 0.326 e. The molecule has 24 heavy (non-hydrogen) atoms. The highest BCUT2D eigenvalue weighted by Crippen LogP contribution is 2.12. The van der Waals surface area contributed by atoms with Crippen molar-refractivity contribution in [1.82, 2.24) is 9.97 Å². The Balaban J connectivity index is 1.94. The van der Waals surface area contributed by atoms with Gasteiger partial charge in [-0.05, 0) is 38.8 Å². The molecule has 128 valence electrons. The Morgan fingerprint density at radius 3 is 2.54 bits per heavy atom. The van der Waals surface area contributed by atoms with Gasteiger partial charge in [0.05, 0.1) is 0 Å². The molecule has 4 N–H and O–H groups in total. The summed E-state index contributed by atoms with van der Waals surface area (Å²) in [5, 5.41) is 17.3.